The molecule has 1 amide bonds. The number of anilines is 1. The summed E-state index contributed by atoms with van der Waals surface area (Å²) < 4.78 is 36.1. The van der Waals surface area contributed by atoms with E-state index in [1.807, 2.05) is 25.1 Å². The number of amides is 1. The molecule has 0 aliphatic carbocycles. The van der Waals surface area contributed by atoms with Crippen molar-refractivity contribution in [2.24, 2.45) is 0 Å². The van der Waals surface area contributed by atoms with Crippen molar-refractivity contribution in [2.75, 3.05) is 31.3 Å². The highest BCUT2D eigenvalue weighted by molar-refractivity contribution is 7.92. The van der Waals surface area contributed by atoms with Crippen LogP contribution in [0.2, 0.25) is 0 Å². The Hall–Kier alpha value is -2.74. The van der Waals surface area contributed by atoms with Gasteiger partial charge in [-0.05, 0) is 25.1 Å². The standard InChI is InChI=1S/C19H24N2O5S/c1-14(15-9-5-7-11-17(15)25-2)20-19(22)13-21(27(4,23)24)16-10-6-8-12-18(16)26-3/h5-12,14H,13H2,1-4H3,(H,20,22)/t14-/m1/s1. The first-order valence-electron chi connectivity index (χ1n) is 8.31. The molecule has 0 bridgehead atoms. The number of hydrogen-bond acceptors (Lipinski definition) is 5. The van der Waals surface area contributed by atoms with Gasteiger partial charge in [0.15, 0.2) is 0 Å². The van der Waals surface area contributed by atoms with Gasteiger partial charge in [-0.3, -0.25) is 9.10 Å². The first-order valence-corrected chi connectivity index (χ1v) is 10.2. The molecule has 0 aliphatic rings. The number of ether oxygens (including phenoxy) is 2. The number of hydrogen-bond donors (Lipinski definition) is 1. The van der Waals surface area contributed by atoms with E-state index in [1.54, 1.807) is 37.4 Å². The lowest BCUT2D eigenvalue weighted by molar-refractivity contribution is -0.120. The van der Waals surface area contributed by atoms with Gasteiger partial charge in [0.2, 0.25) is 15.9 Å². The number of carbonyl (C=O) groups is 1. The van der Waals surface area contributed by atoms with Gasteiger partial charge in [-0.2, -0.15) is 0 Å². The molecule has 146 valence electrons. The third-order valence-corrected chi connectivity index (χ3v) is 5.15. The molecule has 1 atom stereocenters. The fraction of sp³-hybridized carbons (Fsp3) is 0.316. The van der Waals surface area contributed by atoms with Crippen LogP contribution in [0, 0.1) is 0 Å². The first-order chi connectivity index (χ1) is 12.8. The summed E-state index contributed by atoms with van der Waals surface area (Å²) in [6.07, 6.45) is 1.05. The number of para-hydroxylation sites is 3. The van der Waals surface area contributed by atoms with Crippen molar-refractivity contribution in [1.82, 2.24) is 5.32 Å². The number of carbonyl (C=O) groups excluding carboxylic acids is 1. The molecule has 2 aromatic rings. The van der Waals surface area contributed by atoms with Crippen molar-refractivity contribution in [3.63, 3.8) is 0 Å². The van der Waals surface area contributed by atoms with Crippen LogP contribution in [0.15, 0.2) is 48.5 Å². The molecule has 0 saturated heterocycles. The number of rotatable bonds is 8. The van der Waals surface area contributed by atoms with E-state index >= 15 is 0 Å². The van der Waals surface area contributed by atoms with Gasteiger partial charge < -0.3 is 14.8 Å². The van der Waals surface area contributed by atoms with Gasteiger partial charge in [0.1, 0.15) is 18.0 Å². The van der Waals surface area contributed by atoms with E-state index in [2.05, 4.69) is 5.32 Å². The monoisotopic (exact) mass is 392 g/mol. The van der Waals surface area contributed by atoms with Crippen LogP contribution in [0.4, 0.5) is 5.69 Å². The topological polar surface area (TPSA) is 84.9 Å². The van der Waals surface area contributed by atoms with Crippen LogP contribution in [-0.2, 0) is 14.8 Å². The lowest BCUT2D eigenvalue weighted by Crippen LogP contribution is -2.41. The average molecular weight is 392 g/mol. The highest BCUT2D eigenvalue weighted by Gasteiger charge is 2.24. The number of benzene rings is 2. The minimum absolute atomic E-state index is 0.308. The summed E-state index contributed by atoms with van der Waals surface area (Å²) in [6.45, 7) is 1.45. The molecule has 0 unspecified atom stereocenters. The fourth-order valence-corrected chi connectivity index (χ4v) is 3.60. The van der Waals surface area contributed by atoms with Crippen molar-refractivity contribution in [1.29, 1.82) is 0 Å². The van der Waals surface area contributed by atoms with Gasteiger partial charge in [-0.25, -0.2) is 8.42 Å². The second-order valence-electron chi connectivity index (χ2n) is 5.97. The molecule has 2 rings (SSSR count). The summed E-state index contributed by atoms with van der Waals surface area (Å²) in [6, 6.07) is 13.6. The molecule has 27 heavy (non-hydrogen) atoms. The minimum Gasteiger partial charge on any atom is -0.496 e. The number of nitrogens with one attached hydrogen (secondary N) is 1. The third-order valence-electron chi connectivity index (χ3n) is 4.02. The number of methoxy groups -OCH3 is 2. The average Bonchev–Trinajstić information content (AvgIpc) is 2.65. The highest BCUT2D eigenvalue weighted by atomic mass is 32.2. The molecule has 0 saturated carbocycles. The Balaban J connectivity index is 2.22. The summed E-state index contributed by atoms with van der Waals surface area (Å²) in [4.78, 5) is 12.6. The molecule has 0 radical (unpaired) electrons. The maximum Gasteiger partial charge on any atom is 0.241 e. The number of nitrogens with zero attached hydrogens (tertiary/aromatic N) is 1. The van der Waals surface area contributed by atoms with E-state index in [-0.39, 0.29) is 12.6 Å². The van der Waals surface area contributed by atoms with Gasteiger partial charge >= 0.3 is 0 Å². The van der Waals surface area contributed by atoms with Gasteiger partial charge in [-0.1, -0.05) is 30.3 Å². The lowest BCUT2D eigenvalue weighted by Gasteiger charge is -2.25. The Kier molecular flexibility index (Phi) is 6.68. The predicted molar refractivity (Wildman–Crippen MR) is 105 cm³/mol. The van der Waals surface area contributed by atoms with Crippen molar-refractivity contribution in [2.45, 2.75) is 13.0 Å². The second kappa shape index (κ2) is 8.77. The van der Waals surface area contributed by atoms with Crippen molar-refractivity contribution >= 4 is 21.6 Å². The van der Waals surface area contributed by atoms with Gasteiger partial charge in [0, 0.05) is 5.56 Å². The largest absolute Gasteiger partial charge is 0.496 e. The number of sulfonamides is 1. The molecular weight excluding hydrogens is 368 g/mol. The molecular formula is C19H24N2O5S. The van der Waals surface area contributed by atoms with Crippen LogP contribution in [0.25, 0.3) is 0 Å². The van der Waals surface area contributed by atoms with Gasteiger partial charge in [0.25, 0.3) is 0 Å². The van der Waals surface area contributed by atoms with E-state index in [0.717, 1.165) is 16.1 Å². The summed E-state index contributed by atoms with van der Waals surface area (Å²) in [5, 5.41) is 2.81. The Morgan fingerprint density at radius 2 is 1.59 bits per heavy atom. The van der Waals surface area contributed by atoms with E-state index in [0.29, 0.717) is 17.2 Å². The molecule has 0 fully saturated rings. The van der Waals surface area contributed by atoms with Gasteiger partial charge in [0.05, 0.1) is 32.2 Å². The molecule has 0 heterocycles. The van der Waals surface area contributed by atoms with Crippen LogP contribution in [0.3, 0.4) is 0 Å². The van der Waals surface area contributed by atoms with Crippen LogP contribution in [0.1, 0.15) is 18.5 Å². The molecule has 2 aromatic carbocycles. The molecule has 1 N–H and O–H groups in total. The summed E-state index contributed by atoms with van der Waals surface area (Å²) in [5.74, 6) is 0.577. The normalized spacial score (nSPS) is 12.1. The van der Waals surface area contributed by atoms with Crippen molar-refractivity contribution in [3.8, 4) is 11.5 Å². The SMILES string of the molecule is COc1ccccc1[C@@H](C)NC(=O)CN(c1ccccc1OC)S(C)(=O)=O. The van der Waals surface area contributed by atoms with E-state index in [9.17, 15) is 13.2 Å². The molecule has 8 heteroatoms. The predicted octanol–water partition coefficient (Wildman–Crippen LogP) is 2.35. The third kappa shape index (κ3) is 5.13. The van der Waals surface area contributed by atoms with E-state index in [1.165, 1.54) is 7.11 Å². The maximum absolute atomic E-state index is 12.6. The van der Waals surface area contributed by atoms with Crippen LogP contribution in [0.5, 0.6) is 11.5 Å². The molecule has 7 nitrogen and oxygen atoms in total. The van der Waals surface area contributed by atoms with Gasteiger partial charge in [-0.15, -0.1) is 0 Å². The van der Waals surface area contributed by atoms with Crippen molar-refractivity contribution in [3.05, 3.63) is 54.1 Å². The molecule has 0 aliphatic heterocycles. The summed E-state index contributed by atoms with van der Waals surface area (Å²) in [5.41, 5.74) is 1.11. The van der Waals surface area contributed by atoms with Crippen LogP contribution in [-0.4, -0.2) is 41.3 Å². The lowest BCUT2D eigenvalue weighted by atomic mass is 10.1. The first kappa shape index (κ1) is 20.6. The van der Waals surface area contributed by atoms with Crippen LogP contribution >= 0.6 is 0 Å². The fourth-order valence-electron chi connectivity index (χ4n) is 2.74. The minimum atomic E-state index is -3.69. The maximum atomic E-state index is 12.6. The quantitative estimate of drug-likeness (QED) is 0.745. The van der Waals surface area contributed by atoms with E-state index < -0.39 is 15.9 Å². The molecule has 0 spiro atoms. The Morgan fingerprint density at radius 3 is 2.19 bits per heavy atom. The Morgan fingerprint density at radius 1 is 1.04 bits per heavy atom. The van der Waals surface area contributed by atoms with E-state index in [4.69, 9.17) is 9.47 Å². The smallest absolute Gasteiger partial charge is 0.241 e. The highest BCUT2D eigenvalue weighted by Crippen LogP contribution is 2.29. The summed E-state index contributed by atoms with van der Waals surface area (Å²) >= 11 is 0. The zero-order chi connectivity index (χ0) is 20.0. The Labute approximate surface area is 160 Å². The van der Waals surface area contributed by atoms with Crippen molar-refractivity contribution < 1.29 is 22.7 Å². The summed E-state index contributed by atoms with van der Waals surface area (Å²) in [7, 11) is -0.688. The zero-order valence-corrected chi connectivity index (χ0v) is 16.6. The molecule has 0 aromatic heterocycles. The Bertz CT molecular complexity index is 898. The second-order valence-corrected chi connectivity index (χ2v) is 7.88. The zero-order valence-electron chi connectivity index (χ0n) is 15.8. The van der Waals surface area contributed by atoms with Crippen LogP contribution < -0.4 is 19.1 Å².